The van der Waals surface area contributed by atoms with E-state index in [-0.39, 0.29) is 0 Å². The standard InChI is InChI=1S/C20H27N3O3S/c1-15-5-6-16(13-19(15)26-3)11-12-22-20(21-2)23-14-17-7-9-18(10-8-17)27(4,24)25/h5-10,13H,11-12,14H2,1-4H3,(H2,21,22,23). The first kappa shape index (κ1) is 20.8. The van der Waals surface area contributed by atoms with Crippen LogP contribution >= 0.6 is 0 Å². The molecule has 6 nitrogen and oxygen atoms in total. The van der Waals surface area contributed by atoms with Crippen molar-refractivity contribution in [2.45, 2.75) is 24.8 Å². The first-order valence-corrected chi connectivity index (χ1v) is 10.6. The van der Waals surface area contributed by atoms with Gasteiger partial charge in [-0.1, -0.05) is 24.3 Å². The number of nitrogens with one attached hydrogen (secondary N) is 2. The van der Waals surface area contributed by atoms with Gasteiger partial charge < -0.3 is 15.4 Å². The lowest BCUT2D eigenvalue weighted by molar-refractivity contribution is 0.411. The van der Waals surface area contributed by atoms with Gasteiger partial charge in [0.1, 0.15) is 5.75 Å². The number of methoxy groups -OCH3 is 1. The third kappa shape index (κ3) is 6.29. The van der Waals surface area contributed by atoms with Crippen LogP contribution in [0.25, 0.3) is 0 Å². The number of rotatable bonds is 7. The highest BCUT2D eigenvalue weighted by Crippen LogP contribution is 2.19. The normalized spacial score (nSPS) is 11.9. The highest BCUT2D eigenvalue weighted by Gasteiger charge is 2.06. The molecular formula is C20H27N3O3S. The number of hydrogen-bond donors (Lipinski definition) is 2. The third-order valence-electron chi connectivity index (χ3n) is 4.21. The molecule has 27 heavy (non-hydrogen) atoms. The van der Waals surface area contributed by atoms with E-state index in [1.54, 1.807) is 38.4 Å². The average Bonchev–Trinajstić information content (AvgIpc) is 2.65. The fourth-order valence-corrected chi connectivity index (χ4v) is 3.24. The zero-order valence-electron chi connectivity index (χ0n) is 16.2. The predicted octanol–water partition coefficient (Wildman–Crippen LogP) is 2.31. The molecule has 0 amide bonds. The number of aliphatic imine (C=N–C) groups is 1. The molecule has 146 valence electrons. The van der Waals surface area contributed by atoms with E-state index < -0.39 is 9.84 Å². The van der Waals surface area contributed by atoms with Crippen LogP contribution in [0.5, 0.6) is 5.75 Å². The maximum Gasteiger partial charge on any atom is 0.191 e. The molecule has 0 saturated carbocycles. The third-order valence-corrected chi connectivity index (χ3v) is 5.34. The van der Waals surface area contributed by atoms with Crippen molar-refractivity contribution >= 4 is 15.8 Å². The molecule has 0 spiro atoms. The number of sulfone groups is 1. The lowest BCUT2D eigenvalue weighted by Gasteiger charge is -2.13. The fourth-order valence-electron chi connectivity index (χ4n) is 2.61. The molecule has 0 fully saturated rings. The number of aryl methyl sites for hydroxylation is 1. The van der Waals surface area contributed by atoms with Crippen LogP contribution in [0.4, 0.5) is 0 Å². The Labute approximate surface area is 161 Å². The van der Waals surface area contributed by atoms with E-state index in [9.17, 15) is 8.42 Å². The van der Waals surface area contributed by atoms with Gasteiger partial charge in [0.15, 0.2) is 15.8 Å². The van der Waals surface area contributed by atoms with Crippen LogP contribution in [0.1, 0.15) is 16.7 Å². The molecule has 0 bridgehead atoms. The first-order chi connectivity index (χ1) is 12.8. The second-order valence-corrected chi connectivity index (χ2v) is 8.34. The molecule has 0 unspecified atom stereocenters. The van der Waals surface area contributed by atoms with Gasteiger partial charge in [-0.25, -0.2) is 8.42 Å². The van der Waals surface area contributed by atoms with Gasteiger partial charge >= 0.3 is 0 Å². The van der Waals surface area contributed by atoms with Crippen molar-refractivity contribution in [3.63, 3.8) is 0 Å². The van der Waals surface area contributed by atoms with Gasteiger partial charge in [0.2, 0.25) is 0 Å². The number of nitrogens with zero attached hydrogens (tertiary/aromatic N) is 1. The zero-order valence-corrected chi connectivity index (χ0v) is 17.1. The van der Waals surface area contributed by atoms with Gasteiger partial charge in [-0.05, 0) is 48.2 Å². The quantitative estimate of drug-likeness (QED) is 0.561. The van der Waals surface area contributed by atoms with E-state index in [1.165, 1.54) is 11.8 Å². The van der Waals surface area contributed by atoms with Crippen molar-refractivity contribution in [1.82, 2.24) is 10.6 Å². The fraction of sp³-hybridized carbons (Fsp3) is 0.350. The Morgan fingerprint density at radius 1 is 1.07 bits per heavy atom. The summed E-state index contributed by atoms with van der Waals surface area (Å²) in [5.41, 5.74) is 3.29. The number of hydrogen-bond acceptors (Lipinski definition) is 4. The molecule has 0 aliphatic rings. The zero-order chi connectivity index (χ0) is 19.9. The SMILES string of the molecule is CN=C(NCCc1ccc(C)c(OC)c1)NCc1ccc(S(C)(=O)=O)cc1. The average molecular weight is 390 g/mol. The van der Waals surface area contributed by atoms with Gasteiger partial charge in [-0.2, -0.15) is 0 Å². The molecule has 0 aromatic heterocycles. The molecule has 2 aromatic rings. The minimum atomic E-state index is -3.17. The summed E-state index contributed by atoms with van der Waals surface area (Å²) in [4.78, 5) is 4.53. The van der Waals surface area contributed by atoms with Crippen molar-refractivity contribution < 1.29 is 13.2 Å². The largest absolute Gasteiger partial charge is 0.496 e. The van der Waals surface area contributed by atoms with Gasteiger partial charge in [-0.15, -0.1) is 0 Å². The highest BCUT2D eigenvalue weighted by molar-refractivity contribution is 7.90. The summed E-state index contributed by atoms with van der Waals surface area (Å²) in [5.74, 6) is 1.59. The maximum absolute atomic E-state index is 11.5. The van der Waals surface area contributed by atoms with Crippen LogP contribution in [0, 0.1) is 6.92 Å². The maximum atomic E-state index is 11.5. The molecule has 7 heteroatoms. The molecule has 0 atom stereocenters. The molecule has 0 heterocycles. The van der Waals surface area contributed by atoms with Crippen LogP contribution < -0.4 is 15.4 Å². The molecule has 2 N–H and O–H groups in total. The van der Waals surface area contributed by atoms with E-state index >= 15 is 0 Å². The number of benzene rings is 2. The molecule has 2 aromatic carbocycles. The van der Waals surface area contributed by atoms with Gasteiger partial charge in [0.25, 0.3) is 0 Å². The van der Waals surface area contributed by atoms with Crippen LogP contribution in [0.2, 0.25) is 0 Å². The van der Waals surface area contributed by atoms with Gasteiger partial charge in [0.05, 0.1) is 12.0 Å². The Hall–Kier alpha value is -2.54. The van der Waals surface area contributed by atoms with E-state index in [0.29, 0.717) is 17.4 Å². The summed E-state index contributed by atoms with van der Waals surface area (Å²) >= 11 is 0. The summed E-state index contributed by atoms with van der Waals surface area (Å²) in [7, 11) is 0.231. The van der Waals surface area contributed by atoms with E-state index in [4.69, 9.17) is 4.74 Å². The molecule has 0 radical (unpaired) electrons. The Bertz CT molecular complexity index is 891. The Balaban J connectivity index is 1.84. The van der Waals surface area contributed by atoms with Crippen LogP contribution in [-0.4, -0.2) is 41.3 Å². The Morgan fingerprint density at radius 2 is 1.74 bits per heavy atom. The molecule has 0 aliphatic carbocycles. The topological polar surface area (TPSA) is 79.8 Å². The summed E-state index contributed by atoms with van der Waals surface area (Å²) in [5, 5.41) is 6.50. The minimum absolute atomic E-state index is 0.322. The second-order valence-electron chi connectivity index (χ2n) is 6.32. The summed E-state index contributed by atoms with van der Waals surface area (Å²) in [6.45, 7) is 3.32. The molecule has 0 aliphatic heterocycles. The lowest BCUT2D eigenvalue weighted by atomic mass is 10.1. The lowest BCUT2D eigenvalue weighted by Crippen LogP contribution is -2.37. The van der Waals surface area contributed by atoms with Crippen LogP contribution in [0.15, 0.2) is 52.4 Å². The Kier molecular flexibility index (Phi) is 7.24. The van der Waals surface area contributed by atoms with E-state index in [1.807, 2.05) is 6.92 Å². The van der Waals surface area contributed by atoms with Crippen molar-refractivity contribution in [3.05, 3.63) is 59.2 Å². The van der Waals surface area contributed by atoms with Crippen LogP contribution in [0.3, 0.4) is 0 Å². The number of guanidine groups is 1. The van der Waals surface area contributed by atoms with Crippen LogP contribution in [-0.2, 0) is 22.8 Å². The molecule has 2 rings (SSSR count). The summed E-state index contributed by atoms with van der Waals surface area (Å²) in [6.07, 6.45) is 2.05. The summed E-state index contributed by atoms with van der Waals surface area (Å²) in [6, 6.07) is 13.0. The monoisotopic (exact) mass is 389 g/mol. The van der Waals surface area contributed by atoms with E-state index in [0.717, 1.165) is 29.8 Å². The smallest absolute Gasteiger partial charge is 0.191 e. The minimum Gasteiger partial charge on any atom is -0.496 e. The second kappa shape index (κ2) is 9.41. The number of ether oxygens (including phenoxy) is 1. The van der Waals surface area contributed by atoms with Crippen molar-refractivity contribution in [1.29, 1.82) is 0 Å². The van der Waals surface area contributed by atoms with Gasteiger partial charge in [-0.3, -0.25) is 4.99 Å². The molecular weight excluding hydrogens is 362 g/mol. The predicted molar refractivity (Wildman–Crippen MR) is 109 cm³/mol. The highest BCUT2D eigenvalue weighted by atomic mass is 32.2. The van der Waals surface area contributed by atoms with Crippen molar-refractivity contribution in [2.24, 2.45) is 4.99 Å². The Morgan fingerprint density at radius 3 is 2.33 bits per heavy atom. The van der Waals surface area contributed by atoms with E-state index in [2.05, 4.69) is 33.8 Å². The summed E-state index contributed by atoms with van der Waals surface area (Å²) < 4.78 is 28.4. The molecule has 0 saturated heterocycles. The van der Waals surface area contributed by atoms with Gasteiger partial charge in [0, 0.05) is 26.4 Å². The van der Waals surface area contributed by atoms with Crippen molar-refractivity contribution in [3.8, 4) is 5.75 Å². The van der Waals surface area contributed by atoms with Crippen molar-refractivity contribution in [2.75, 3.05) is 27.0 Å². The first-order valence-electron chi connectivity index (χ1n) is 8.70.